The zero-order valence-corrected chi connectivity index (χ0v) is 14.5. The molecule has 0 saturated heterocycles. The third-order valence-corrected chi connectivity index (χ3v) is 4.96. The topological polar surface area (TPSA) is 64.2 Å². The van der Waals surface area contributed by atoms with E-state index in [2.05, 4.69) is 27.1 Å². The van der Waals surface area contributed by atoms with Crippen molar-refractivity contribution in [2.75, 3.05) is 6.54 Å². The molecule has 2 aromatic heterocycles. The van der Waals surface area contributed by atoms with Gasteiger partial charge in [-0.1, -0.05) is 30.3 Å². The van der Waals surface area contributed by atoms with Gasteiger partial charge in [0.05, 0.1) is 13.1 Å². The molecule has 26 heavy (non-hydrogen) atoms. The van der Waals surface area contributed by atoms with Gasteiger partial charge in [0.1, 0.15) is 17.2 Å². The van der Waals surface area contributed by atoms with E-state index in [0.29, 0.717) is 12.1 Å². The molecule has 0 unspecified atom stereocenters. The van der Waals surface area contributed by atoms with Crippen LogP contribution in [-0.4, -0.2) is 26.2 Å². The van der Waals surface area contributed by atoms with E-state index >= 15 is 0 Å². The van der Waals surface area contributed by atoms with Gasteiger partial charge < -0.3 is 4.42 Å². The van der Waals surface area contributed by atoms with Gasteiger partial charge in [-0.2, -0.15) is 5.10 Å². The smallest absolute Gasteiger partial charge is 0.336 e. The SMILES string of the molecule is Cc1nc2n(n1)CCN(Cc1cc(=O)oc3ccc4ccccc4c13)C2. The van der Waals surface area contributed by atoms with E-state index in [-0.39, 0.29) is 5.63 Å². The fourth-order valence-electron chi connectivity index (χ4n) is 3.83. The Morgan fingerprint density at radius 1 is 1.15 bits per heavy atom. The molecule has 0 aliphatic carbocycles. The highest BCUT2D eigenvalue weighted by Crippen LogP contribution is 2.28. The Kier molecular flexibility index (Phi) is 3.39. The summed E-state index contributed by atoms with van der Waals surface area (Å²) in [6, 6.07) is 13.7. The molecule has 130 valence electrons. The Bertz CT molecular complexity index is 1190. The molecule has 0 amide bonds. The molecule has 0 N–H and O–H groups in total. The minimum atomic E-state index is -0.307. The molecule has 0 spiro atoms. The number of aryl methyl sites for hydroxylation is 1. The Balaban J connectivity index is 1.60. The van der Waals surface area contributed by atoms with Crippen molar-refractivity contribution in [1.29, 1.82) is 0 Å². The summed E-state index contributed by atoms with van der Waals surface area (Å²) in [6.45, 7) is 5.02. The van der Waals surface area contributed by atoms with Crippen molar-refractivity contribution in [3.05, 3.63) is 70.1 Å². The molecule has 0 fully saturated rings. The van der Waals surface area contributed by atoms with Crippen molar-refractivity contribution in [1.82, 2.24) is 19.7 Å². The number of aromatic nitrogens is 3. The highest BCUT2D eigenvalue weighted by Gasteiger charge is 2.20. The summed E-state index contributed by atoms with van der Waals surface area (Å²) in [5.74, 6) is 1.78. The molecule has 6 nitrogen and oxygen atoms in total. The van der Waals surface area contributed by atoms with Gasteiger partial charge in [0.15, 0.2) is 0 Å². The number of hydrogen-bond acceptors (Lipinski definition) is 5. The van der Waals surface area contributed by atoms with E-state index in [0.717, 1.165) is 53.0 Å². The van der Waals surface area contributed by atoms with Crippen LogP contribution in [0, 0.1) is 6.92 Å². The summed E-state index contributed by atoms with van der Waals surface area (Å²) < 4.78 is 7.43. The van der Waals surface area contributed by atoms with Crippen LogP contribution in [0.1, 0.15) is 17.2 Å². The van der Waals surface area contributed by atoms with Crippen molar-refractivity contribution in [2.24, 2.45) is 0 Å². The summed E-state index contributed by atoms with van der Waals surface area (Å²) in [4.78, 5) is 18.9. The first-order valence-corrected chi connectivity index (χ1v) is 8.74. The number of fused-ring (bicyclic) bond motifs is 4. The van der Waals surface area contributed by atoms with Crippen LogP contribution < -0.4 is 5.63 Å². The second kappa shape index (κ2) is 5.78. The van der Waals surface area contributed by atoms with Crippen LogP contribution in [0.2, 0.25) is 0 Å². The lowest BCUT2D eigenvalue weighted by atomic mass is 10.0. The Hall–Kier alpha value is -2.99. The first-order chi connectivity index (χ1) is 12.7. The fraction of sp³-hybridized carbons (Fsp3) is 0.250. The van der Waals surface area contributed by atoms with Gasteiger partial charge in [-0.15, -0.1) is 0 Å². The van der Waals surface area contributed by atoms with Gasteiger partial charge in [-0.05, 0) is 29.3 Å². The Labute approximate surface area is 149 Å². The fourth-order valence-corrected chi connectivity index (χ4v) is 3.83. The third-order valence-electron chi connectivity index (χ3n) is 4.96. The predicted octanol–water partition coefficient (Wildman–Crippen LogP) is 2.86. The van der Waals surface area contributed by atoms with Crippen LogP contribution in [0.15, 0.2) is 51.7 Å². The number of benzene rings is 2. The first kappa shape index (κ1) is 15.3. The number of rotatable bonds is 2. The van der Waals surface area contributed by atoms with Crippen LogP contribution in [0.25, 0.3) is 21.7 Å². The Morgan fingerprint density at radius 3 is 2.96 bits per heavy atom. The molecule has 5 rings (SSSR count). The van der Waals surface area contributed by atoms with Crippen molar-refractivity contribution in [2.45, 2.75) is 26.6 Å². The molecule has 0 bridgehead atoms. The molecule has 3 heterocycles. The molecule has 0 saturated carbocycles. The average molecular weight is 346 g/mol. The van der Waals surface area contributed by atoms with Crippen molar-refractivity contribution >= 4 is 21.7 Å². The molecule has 0 atom stereocenters. The molecule has 4 aromatic rings. The van der Waals surface area contributed by atoms with Crippen LogP contribution in [-0.2, 0) is 19.6 Å². The minimum absolute atomic E-state index is 0.307. The molecule has 6 heteroatoms. The molecule has 0 radical (unpaired) electrons. The lowest BCUT2D eigenvalue weighted by molar-refractivity contribution is 0.202. The first-order valence-electron chi connectivity index (χ1n) is 8.74. The molecular weight excluding hydrogens is 328 g/mol. The standard InChI is InChI=1S/C20H18N4O2/c1-13-21-18-12-23(8-9-24(18)22-13)11-15-10-19(25)26-17-7-6-14-4-2-3-5-16(14)20(15)17/h2-7,10H,8-9,11-12H2,1H3. The van der Waals surface area contributed by atoms with Crippen molar-refractivity contribution < 1.29 is 4.42 Å². The van der Waals surface area contributed by atoms with E-state index < -0.39 is 0 Å². The minimum Gasteiger partial charge on any atom is -0.423 e. The quantitative estimate of drug-likeness (QED) is 0.412. The van der Waals surface area contributed by atoms with Crippen molar-refractivity contribution in [3.63, 3.8) is 0 Å². The highest BCUT2D eigenvalue weighted by molar-refractivity contribution is 6.07. The lowest BCUT2D eigenvalue weighted by Gasteiger charge is -2.26. The van der Waals surface area contributed by atoms with E-state index in [1.807, 2.05) is 35.9 Å². The molecule has 1 aliphatic heterocycles. The van der Waals surface area contributed by atoms with Crippen LogP contribution >= 0.6 is 0 Å². The average Bonchev–Trinajstić information content (AvgIpc) is 3.00. The number of nitrogens with zero attached hydrogens (tertiary/aromatic N) is 4. The second-order valence-electron chi connectivity index (χ2n) is 6.76. The summed E-state index contributed by atoms with van der Waals surface area (Å²) >= 11 is 0. The maximum Gasteiger partial charge on any atom is 0.336 e. The Morgan fingerprint density at radius 2 is 2.04 bits per heavy atom. The largest absolute Gasteiger partial charge is 0.423 e. The van der Waals surface area contributed by atoms with Crippen LogP contribution in [0.5, 0.6) is 0 Å². The predicted molar refractivity (Wildman–Crippen MR) is 98.9 cm³/mol. The van der Waals surface area contributed by atoms with E-state index in [4.69, 9.17) is 4.42 Å². The van der Waals surface area contributed by atoms with Crippen LogP contribution in [0.4, 0.5) is 0 Å². The zero-order chi connectivity index (χ0) is 17.7. The molecule has 1 aliphatic rings. The highest BCUT2D eigenvalue weighted by atomic mass is 16.4. The van der Waals surface area contributed by atoms with E-state index in [1.54, 1.807) is 6.07 Å². The lowest BCUT2D eigenvalue weighted by Crippen LogP contribution is -2.34. The van der Waals surface area contributed by atoms with Gasteiger partial charge in [-0.25, -0.2) is 14.5 Å². The molecular formula is C20H18N4O2. The normalized spacial score (nSPS) is 14.8. The molecule has 2 aromatic carbocycles. The summed E-state index contributed by atoms with van der Waals surface area (Å²) in [7, 11) is 0. The summed E-state index contributed by atoms with van der Waals surface area (Å²) in [5, 5.41) is 7.68. The maximum atomic E-state index is 12.1. The van der Waals surface area contributed by atoms with E-state index in [1.165, 1.54) is 0 Å². The van der Waals surface area contributed by atoms with Gasteiger partial charge in [-0.3, -0.25) is 4.90 Å². The van der Waals surface area contributed by atoms with E-state index in [9.17, 15) is 4.79 Å². The van der Waals surface area contributed by atoms with Crippen molar-refractivity contribution in [3.8, 4) is 0 Å². The third kappa shape index (κ3) is 2.50. The van der Waals surface area contributed by atoms with Gasteiger partial charge in [0, 0.05) is 24.5 Å². The summed E-state index contributed by atoms with van der Waals surface area (Å²) in [6.07, 6.45) is 0. The van der Waals surface area contributed by atoms with Gasteiger partial charge in [0.2, 0.25) is 0 Å². The van der Waals surface area contributed by atoms with Gasteiger partial charge in [0.25, 0.3) is 0 Å². The maximum absolute atomic E-state index is 12.1. The summed E-state index contributed by atoms with van der Waals surface area (Å²) in [5.41, 5.74) is 1.33. The second-order valence-corrected chi connectivity index (χ2v) is 6.76. The van der Waals surface area contributed by atoms with Crippen LogP contribution in [0.3, 0.4) is 0 Å². The van der Waals surface area contributed by atoms with Gasteiger partial charge >= 0.3 is 5.63 Å². The zero-order valence-electron chi connectivity index (χ0n) is 14.5. The number of hydrogen-bond donors (Lipinski definition) is 0. The monoisotopic (exact) mass is 346 g/mol.